The molecule has 0 aliphatic heterocycles. The molecule has 0 saturated carbocycles. The molecule has 0 aromatic heterocycles. The van der Waals surface area contributed by atoms with Gasteiger partial charge in [0.15, 0.2) is 0 Å². The van der Waals surface area contributed by atoms with Crippen LogP contribution in [0.15, 0.2) is 17.2 Å². The smallest absolute Gasteiger partial charge is 0 e. The van der Waals surface area contributed by atoms with Gasteiger partial charge < -0.3 is 0 Å². The molecule has 0 radical (unpaired) electrons. The van der Waals surface area contributed by atoms with Crippen molar-refractivity contribution in [2.45, 2.75) is 20.3 Å². The van der Waals surface area contributed by atoms with Crippen LogP contribution < -0.4 is 0 Å². The van der Waals surface area contributed by atoms with Gasteiger partial charge in [-0.15, -0.1) is 31.2 Å². The molecule has 0 bridgehead atoms. The fourth-order valence-corrected chi connectivity index (χ4v) is 0.751. The van der Waals surface area contributed by atoms with Crippen LogP contribution in [0.25, 0.3) is 0 Å². The largest absolute Gasteiger partial charge is 0.270 e. The molecule has 0 fully saturated rings. The molecule has 58 valence electrons. The first-order valence-electron chi connectivity index (χ1n) is 2.53. The summed E-state index contributed by atoms with van der Waals surface area (Å²) in [6, 6.07) is 0. The Morgan fingerprint density at radius 1 is 1.30 bits per heavy atom. The summed E-state index contributed by atoms with van der Waals surface area (Å²) >= 11 is 0. The zero-order valence-electron chi connectivity index (χ0n) is 6.10. The van der Waals surface area contributed by atoms with Gasteiger partial charge in [-0.3, -0.25) is 6.08 Å². The van der Waals surface area contributed by atoms with Gasteiger partial charge in [-0.05, 0) is 0 Å². The quantitative estimate of drug-likeness (QED) is 0.429. The molecule has 0 spiro atoms. The molecule has 0 N–H and O–H groups in total. The second-order valence-electron chi connectivity index (χ2n) is 2.03. The maximum absolute atomic E-state index is 3.19. The SMILES string of the molecule is CC1=[C-]CC(C)=C1.Cl.Cl.[Ti]. The van der Waals surface area contributed by atoms with Crippen molar-refractivity contribution in [3.05, 3.63) is 23.3 Å². The van der Waals surface area contributed by atoms with E-state index in [0.29, 0.717) is 0 Å². The Morgan fingerprint density at radius 3 is 1.90 bits per heavy atom. The number of hydrogen-bond acceptors (Lipinski definition) is 0. The Balaban J connectivity index is -0.000000163. The fourth-order valence-electron chi connectivity index (χ4n) is 0.751. The van der Waals surface area contributed by atoms with E-state index in [4.69, 9.17) is 0 Å². The Morgan fingerprint density at radius 2 is 1.80 bits per heavy atom. The summed E-state index contributed by atoms with van der Waals surface area (Å²) in [5.41, 5.74) is 2.72. The second kappa shape index (κ2) is 7.88. The second-order valence-corrected chi connectivity index (χ2v) is 2.03. The van der Waals surface area contributed by atoms with Crippen molar-refractivity contribution in [2.24, 2.45) is 0 Å². The van der Waals surface area contributed by atoms with E-state index in [9.17, 15) is 0 Å². The van der Waals surface area contributed by atoms with E-state index in [-0.39, 0.29) is 46.5 Å². The standard InChI is InChI=1S/C7H9.2ClH.Ti/c1-6-3-4-7(2)5-6;;;/h5H,3H2,1-2H3;2*1H;/q-1;;;. The van der Waals surface area contributed by atoms with E-state index in [2.05, 4.69) is 26.0 Å². The zero-order chi connectivity index (χ0) is 5.28. The minimum absolute atomic E-state index is 0. The average molecular weight is 214 g/mol. The van der Waals surface area contributed by atoms with Gasteiger partial charge in [0.05, 0.1) is 0 Å². The number of hydrogen-bond donors (Lipinski definition) is 0. The van der Waals surface area contributed by atoms with Crippen molar-refractivity contribution < 1.29 is 21.7 Å². The first-order valence-corrected chi connectivity index (χ1v) is 2.53. The maximum Gasteiger partial charge on any atom is 0 e. The summed E-state index contributed by atoms with van der Waals surface area (Å²) in [5.74, 6) is 0. The minimum Gasteiger partial charge on any atom is -0.270 e. The first kappa shape index (κ1) is 17.0. The summed E-state index contributed by atoms with van der Waals surface area (Å²) in [7, 11) is 0. The summed E-state index contributed by atoms with van der Waals surface area (Å²) in [6.07, 6.45) is 6.41. The molecule has 0 atom stereocenters. The van der Waals surface area contributed by atoms with Gasteiger partial charge in [-0.25, -0.2) is 11.6 Å². The fraction of sp³-hybridized carbons (Fsp3) is 0.429. The Kier molecular flexibility index (Phi) is 13.4. The van der Waals surface area contributed by atoms with Crippen molar-refractivity contribution in [1.29, 1.82) is 0 Å². The van der Waals surface area contributed by atoms with Gasteiger partial charge in [0.25, 0.3) is 0 Å². The third kappa shape index (κ3) is 5.55. The predicted octanol–water partition coefficient (Wildman–Crippen LogP) is 2.93. The molecule has 0 amide bonds. The van der Waals surface area contributed by atoms with Gasteiger partial charge >= 0.3 is 0 Å². The van der Waals surface area contributed by atoms with Crippen LogP contribution in [0.2, 0.25) is 0 Å². The zero-order valence-corrected chi connectivity index (χ0v) is 9.30. The molecule has 0 unspecified atom stereocenters. The molecule has 0 aromatic rings. The molecular weight excluding hydrogens is 203 g/mol. The van der Waals surface area contributed by atoms with E-state index in [1.54, 1.807) is 0 Å². The Bertz CT molecular complexity index is 139. The molecule has 1 aliphatic rings. The number of halogens is 2. The molecule has 10 heavy (non-hydrogen) atoms. The van der Waals surface area contributed by atoms with E-state index < -0.39 is 0 Å². The van der Waals surface area contributed by atoms with Crippen molar-refractivity contribution in [3.8, 4) is 0 Å². The van der Waals surface area contributed by atoms with Gasteiger partial charge in [0.2, 0.25) is 0 Å². The van der Waals surface area contributed by atoms with Crippen molar-refractivity contribution in [2.75, 3.05) is 0 Å². The average Bonchev–Trinajstić information content (AvgIpc) is 1.87. The van der Waals surface area contributed by atoms with Gasteiger partial charge in [-0.1, -0.05) is 13.8 Å². The van der Waals surface area contributed by atoms with Gasteiger partial charge in [0.1, 0.15) is 0 Å². The van der Waals surface area contributed by atoms with Crippen LogP contribution in [0, 0.1) is 6.08 Å². The summed E-state index contributed by atoms with van der Waals surface area (Å²) in [6.45, 7) is 4.21. The number of allylic oxidation sites excluding steroid dienone is 4. The summed E-state index contributed by atoms with van der Waals surface area (Å²) < 4.78 is 0. The molecular formula is C7H11Cl2Ti-. The van der Waals surface area contributed by atoms with Crippen molar-refractivity contribution in [1.82, 2.24) is 0 Å². The van der Waals surface area contributed by atoms with Crippen LogP contribution in [-0.2, 0) is 21.7 Å². The maximum atomic E-state index is 3.19. The topological polar surface area (TPSA) is 0 Å². The van der Waals surface area contributed by atoms with Crippen LogP contribution in [0.4, 0.5) is 0 Å². The molecule has 3 heteroatoms. The van der Waals surface area contributed by atoms with Crippen molar-refractivity contribution >= 4 is 24.8 Å². The normalized spacial score (nSPS) is 13.4. The predicted molar refractivity (Wildman–Crippen MR) is 45.3 cm³/mol. The van der Waals surface area contributed by atoms with Crippen molar-refractivity contribution in [3.63, 3.8) is 0 Å². The third-order valence-electron chi connectivity index (χ3n) is 1.11. The van der Waals surface area contributed by atoms with Crippen LogP contribution in [-0.4, -0.2) is 0 Å². The molecule has 1 aliphatic carbocycles. The summed E-state index contributed by atoms with van der Waals surface area (Å²) in [5, 5.41) is 0. The molecule has 0 saturated heterocycles. The number of rotatable bonds is 0. The monoisotopic (exact) mass is 213 g/mol. The first-order chi connectivity index (χ1) is 3.29. The molecule has 0 heterocycles. The van der Waals surface area contributed by atoms with Crippen LogP contribution in [0.1, 0.15) is 20.3 Å². The minimum atomic E-state index is 0. The van der Waals surface area contributed by atoms with Crippen LogP contribution in [0.5, 0.6) is 0 Å². The molecule has 0 nitrogen and oxygen atoms in total. The summed E-state index contributed by atoms with van der Waals surface area (Å²) in [4.78, 5) is 0. The molecule has 1 rings (SSSR count). The Labute approximate surface area is 89.9 Å². The van der Waals surface area contributed by atoms with E-state index in [0.717, 1.165) is 6.42 Å². The van der Waals surface area contributed by atoms with Crippen LogP contribution in [0.3, 0.4) is 0 Å². The van der Waals surface area contributed by atoms with Crippen LogP contribution >= 0.6 is 24.8 Å². The van der Waals surface area contributed by atoms with E-state index >= 15 is 0 Å². The van der Waals surface area contributed by atoms with Gasteiger partial charge in [-0.2, -0.15) is 5.57 Å². The third-order valence-corrected chi connectivity index (χ3v) is 1.11. The molecule has 0 aromatic carbocycles. The Hall–Kier alpha value is 0.774. The van der Waals surface area contributed by atoms with E-state index in [1.165, 1.54) is 11.1 Å². The van der Waals surface area contributed by atoms with E-state index in [1.807, 2.05) is 0 Å². The van der Waals surface area contributed by atoms with Gasteiger partial charge in [0, 0.05) is 21.7 Å².